The molecule has 0 amide bonds. The van der Waals surface area contributed by atoms with Crippen molar-refractivity contribution in [1.82, 2.24) is 0 Å². The molecule has 0 unspecified atom stereocenters. The maximum Gasteiger partial charge on any atom is 0.122 e. The van der Waals surface area contributed by atoms with Crippen LogP contribution in [0.3, 0.4) is 0 Å². The van der Waals surface area contributed by atoms with Gasteiger partial charge in [-0.25, -0.2) is 0 Å². The van der Waals surface area contributed by atoms with Crippen LogP contribution >= 0.6 is 0 Å². The Bertz CT molecular complexity index is 427. The van der Waals surface area contributed by atoms with Gasteiger partial charge in [0.25, 0.3) is 0 Å². The zero-order valence-corrected chi connectivity index (χ0v) is 12.6. The summed E-state index contributed by atoms with van der Waals surface area (Å²) in [6.07, 6.45) is 2.56. The Morgan fingerprint density at radius 1 is 1.21 bits per heavy atom. The fraction of sp³-hybridized carbons (Fsp3) is 0.588. The number of hydrogen-bond donors (Lipinski definition) is 0. The maximum absolute atomic E-state index is 9.31. The van der Waals surface area contributed by atoms with Crippen molar-refractivity contribution in [2.45, 2.75) is 52.9 Å². The first kappa shape index (κ1) is 15.6. The second kappa shape index (κ2) is 7.19. The van der Waals surface area contributed by atoms with Gasteiger partial charge in [-0.3, -0.25) is 0 Å². The summed E-state index contributed by atoms with van der Waals surface area (Å²) in [4.78, 5) is 0. The highest BCUT2D eigenvalue weighted by atomic mass is 16.5. The number of benzene rings is 1. The summed E-state index contributed by atoms with van der Waals surface area (Å²) >= 11 is 0. The summed E-state index contributed by atoms with van der Waals surface area (Å²) in [5.41, 5.74) is 1.00. The van der Waals surface area contributed by atoms with Crippen LogP contribution in [0, 0.1) is 16.7 Å². The van der Waals surface area contributed by atoms with E-state index in [4.69, 9.17) is 4.74 Å². The van der Waals surface area contributed by atoms with E-state index in [1.165, 1.54) is 5.56 Å². The molecule has 2 nitrogen and oxygen atoms in total. The Morgan fingerprint density at radius 3 is 2.37 bits per heavy atom. The third-order valence-corrected chi connectivity index (χ3v) is 3.97. The molecule has 104 valence electrons. The van der Waals surface area contributed by atoms with Crippen LogP contribution in [0.25, 0.3) is 0 Å². The quantitative estimate of drug-likeness (QED) is 0.697. The summed E-state index contributed by atoms with van der Waals surface area (Å²) in [6, 6.07) is 10.6. The van der Waals surface area contributed by atoms with Crippen molar-refractivity contribution in [3.05, 3.63) is 29.8 Å². The second-order valence-corrected chi connectivity index (χ2v) is 5.39. The van der Waals surface area contributed by atoms with E-state index in [1.807, 2.05) is 18.2 Å². The lowest BCUT2D eigenvalue weighted by atomic mass is 9.81. The average Bonchev–Trinajstić information content (AvgIpc) is 2.44. The van der Waals surface area contributed by atoms with Crippen molar-refractivity contribution >= 4 is 0 Å². The molecule has 1 aromatic carbocycles. The van der Waals surface area contributed by atoms with E-state index in [0.717, 1.165) is 25.0 Å². The number of para-hydroxylation sites is 1. The lowest BCUT2D eigenvalue weighted by molar-refractivity contribution is 0.229. The largest absolute Gasteiger partial charge is 0.493 e. The third kappa shape index (κ3) is 3.99. The van der Waals surface area contributed by atoms with E-state index in [9.17, 15) is 5.26 Å². The Kier molecular flexibility index (Phi) is 5.89. The van der Waals surface area contributed by atoms with Gasteiger partial charge in [0.05, 0.1) is 18.1 Å². The minimum atomic E-state index is -0.229. The van der Waals surface area contributed by atoms with Crippen molar-refractivity contribution in [2.75, 3.05) is 6.61 Å². The smallest absolute Gasteiger partial charge is 0.122 e. The zero-order valence-electron chi connectivity index (χ0n) is 12.6. The Balaban J connectivity index is 2.66. The molecule has 0 fully saturated rings. The lowest BCUT2D eigenvalue weighted by Gasteiger charge is -2.23. The van der Waals surface area contributed by atoms with Gasteiger partial charge in [0.15, 0.2) is 0 Å². The maximum atomic E-state index is 9.31. The average molecular weight is 259 g/mol. The van der Waals surface area contributed by atoms with Crippen molar-refractivity contribution < 1.29 is 4.74 Å². The summed E-state index contributed by atoms with van der Waals surface area (Å²) in [6.45, 7) is 9.10. The van der Waals surface area contributed by atoms with Crippen LogP contribution < -0.4 is 4.74 Å². The fourth-order valence-electron chi connectivity index (χ4n) is 2.26. The predicted molar refractivity (Wildman–Crippen MR) is 79.3 cm³/mol. The van der Waals surface area contributed by atoms with Gasteiger partial charge in [0.1, 0.15) is 5.75 Å². The van der Waals surface area contributed by atoms with E-state index in [2.05, 4.69) is 39.8 Å². The molecule has 0 saturated heterocycles. The molecule has 1 aromatic rings. The molecule has 0 spiro atoms. The molecule has 0 atom stereocenters. The molecule has 2 heteroatoms. The third-order valence-electron chi connectivity index (χ3n) is 3.97. The summed E-state index contributed by atoms with van der Waals surface area (Å²) in [5.74, 6) is 1.41. The minimum Gasteiger partial charge on any atom is -0.493 e. The van der Waals surface area contributed by atoms with Crippen LogP contribution in [0.15, 0.2) is 24.3 Å². The molecular weight excluding hydrogens is 234 g/mol. The van der Waals surface area contributed by atoms with Crippen LogP contribution in [0.5, 0.6) is 5.75 Å². The number of ether oxygens (including phenoxy) is 1. The molecule has 0 bridgehead atoms. The highest BCUT2D eigenvalue weighted by Gasteiger charge is 2.25. The van der Waals surface area contributed by atoms with Crippen LogP contribution in [-0.4, -0.2) is 6.61 Å². The molecular formula is C17H25NO. The monoisotopic (exact) mass is 259 g/mol. The Morgan fingerprint density at radius 2 is 1.84 bits per heavy atom. The molecule has 0 heterocycles. The molecule has 0 saturated carbocycles. The standard InChI is InChI=1S/C17H25NO/c1-5-17(6-2,13-18)11-12-19-16-10-8-7-9-15(16)14(3)4/h7-10,14H,5-6,11-12H2,1-4H3. The summed E-state index contributed by atoms with van der Waals surface area (Å²) in [5, 5.41) is 9.31. The molecule has 0 aliphatic heterocycles. The van der Waals surface area contributed by atoms with Gasteiger partial charge in [-0.2, -0.15) is 5.26 Å². The molecule has 0 aliphatic carbocycles. The first-order valence-electron chi connectivity index (χ1n) is 7.21. The van der Waals surface area contributed by atoms with Crippen LogP contribution in [-0.2, 0) is 0 Å². The SMILES string of the molecule is CCC(C#N)(CC)CCOc1ccccc1C(C)C. The van der Waals surface area contributed by atoms with Gasteiger partial charge in [-0.1, -0.05) is 45.9 Å². The minimum absolute atomic E-state index is 0.229. The molecule has 1 rings (SSSR count). The predicted octanol–water partition coefficient (Wildman–Crippen LogP) is 4.91. The first-order valence-corrected chi connectivity index (χ1v) is 7.21. The first-order chi connectivity index (χ1) is 9.08. The van der Waals surface area contributed by atoms with Crippen molar-refractivity contribution in [2.24, 2.45) is 5.41 Å². The summed E-state index contributed by atoms with van der Waals surface area (Å²) < 4.78 is 5.91. The highest BCUT2D eigenvalue weighted by Crippen LogP contribution is 2.31. The van der Waals surface area contributed by atoms with Gasteiger partial charge in [0, 0.05) is 6.42 Å². The fourth-order valence-corrected chi connectivity index (χ4v) is 2.26. The van der Waals surface area contributed by atoms with Crippen LogP contribution in [0.1, 0.15) is 58.4 Å². The number of hydrogen-bond acceptors (Lipinski definition) is 2. The highest BCUT2D eigenvalue weighted by molar-refractivity contribution is 5.35. The van der Waals surface area contributed by atoms with E-state index < -0.39 is 0 Å². The van der Waals surface area contributed by atoms with Gasteiger partial charge < -0.3 is 4.74 Å². The topological polar surface area (TPSA) is 33.0 Å². The lowest BCUT2D eigenvalue weighted by Crippen LogP contribution is -2.20. The summed E-state index contributed by atoms with van der Waals surface area (Å²) in [7, 11) is 0. The van der Waals surface area contributed by atoms with E-state index in [-0.39, 0.29) is 5.41 Å². The molecule has 0 aliphatic rings. The van der Waals surface area contributed by atoms with Crippen LogP contribution in [0.4, 0.5) is 0 Å². The van der Waals surface area contributed by atoms with Gasteiger partial charge in [0.2, 0.25) is 0 Å². The zero-order chi connectivity index (χ0) is 14.3. The van der Waals surface area contributed by atoms with Gasteiger partial charge in [-0.05, 0) is 30.4 Å². The second-order valence-electron chi connectivity index (χ2n) is 5.39. The van der Waals surface area contributed by atoms with Gasteiger partial charge >= 0.3 is 0 Å². The van der Waals surface area contributed by atoms with Crippen molar-refractivity contribution in [1.29, 1.82) is 5.26 Å². The number of nitrogens with zero attached hydrogens (tertiary/aromatic N) is 1. The van der Waals surface area contributed by atoms with Crippen molar-refractivity contribution in [3.63, 3.8) is 0 Å². The van der Waals surface area contributed by atoms with E-state index in [1.54, 1.807) is 0 Å². The number of nitriles is 1. The molecule has 0 N–H and O–H groups in total. The Hall–Kier alpha value is -1.49. The van der Waals surface area contributed by atoms with Crippen LogP contribution in [0.2, 0.25) is 0 Å². The van der Waals surface area contributed by atoms with E-state index >= 15 is 0 Å². The van der Waals surface area contributed by atoms with Crippen molar-refractivity contribution in [3.8, 4) is 11.8 Å². The molecule has 0 aromatic heterocycles. The molecule has 19 heavy (non-hydrogen) atoms. The normalized spacial score (nSPS) is 11.4. The Labute approximate surface area is 117 Å². The molecule has 0 radical (unpaired) electrons. The van der Waals surface area contributed by atoms with E-state index in [0.29, 0.717) is 12.5 Å². The van der Waals surface area contributed by atoms with Gasteiger partial charge in [-0.15, -0.1) is 0 Å². The number of rotatable bonds is 7.